The van der Waals surface area contributed by atoms with Gasteiger partial charge in [-0.1, -0.05) is 30.3 Å². The summed E-state index contributed by atoms with van der Waals surface area (Å²) >= 11 is 0. The van der Waals surface area contributed by atoms with E-state index >= 15 is 0 Å². The number of aromatic amines is 1. The lowest BCUT2D eigenvalue weighted by Crippen LogP contribution is -2.15. The smallest absolute Gasteiger partial charge is 0.273 e. The van der Waals surface area contributed by atoms with Crippen LogP contribution in [0.1, 0.15) is 43.3 Å². The molecule has 0 atom stereocenters. The molecule has 5 aromatic rings. The van der Waals surface area contributed by atoms with Gasteiger partial charge in [-0.2, -0.15) is 5.10 Å². The summed E-state index contributed by atoms with van der Waals surface area (Å²) in [7, 11) is 0. The largest absolute Gasteiger partial charge is 0.507 e. The highest BCUT2D eigenvalue weighted by atomic mass is 19.1. The molecule has 1 amide bonds. The van der Waals surface area contributed by atoms with Crippen molar-refractivity contribution < 1.29 is 23.5 Å². The molecular weight excluding hydrogens is 461 g/mol. The number of anilines is 1. The van der Waals surface area contributed by atoms with E-state index in [1.165, 1.54) is 18.2 Å². The van der Waals surface area contributed by atoms with E-state index in [-0.39, 0.29) is 28.5 Å². The molecule has 5 rings (SSSR count). The predicted octanol–water partition coefficient (Wildman–Crippen LogP) is 6.08. The van der Waals surface area contributed by atoms with Gasteiger partial charge >= 0.3 is 0 Å². The van der Waals surface area contributed by atoms with Crippen LogP contribution >= 0.6 is 0 Å². The predicted molar refractivity (Wildman–Crippen MR) is 134 cm³/mol. The van der Waals surface area contributed by atoms with E-state index in [1.54, 1.807) is 44.2 Å². The number of fused-ring (bicyclic) bond motifs is 1. The third-order valence-corrected chi connectivity index (χ3v) is 6.02. The second-order valence-electron chi connectivity index (χ2n) is 8.69. The molecule has 0 aliphatic heterocycles. The zero-order valence-electron chi connectivity index (χ0n) is 19.8. The number of carbonyl (C=O) groups excluding carboxylic acids is 2. The lowest BCUT2D eigenvalue weighted by molar-refractivity contribution is 0.101. The van der Waals surface area contributed by atoms with E-state index in [2.05, 4.69) is 15.5 Å². The van der Waals surface area contributed by atoms with Gasteiger partial charge in [0.05, 0.1) is 11.4 Å². The number of halogens is 1. The number of benzene rings is 3. The first-order chi connectivity index (χ1) is 17.2. The number of aromatic hydroxyl groups is 1. The second-order valence-corrected chi connectivity index (χ2v) is 8.69. The molecule has 3 aromatic carbocycles. The minimum absolute atomic E-state index is 0.0816. The number of amides is 1. The average Bonchev–Trinajstić information content (AvgIpc) is 3.48. The van der Waals surface area contributed by atoms with Crippen molar-refractivity contribution in [3.05, 3.63) is 100 Å². The van der Waals surface area contributed by atoms with E-state index in [0.717, 1.165) is 11.6 Å². The Labute approximate surface area is 205 Å². The number of H-pyrrole nitrogens is 1. The van der Waals surface area contributed by atoms with Crippen molar-refractivity contribution >= 4 is 28.3 Å². The molecule has 0 unspecified atom stereocenters. The lowest BCUT2D eigenvalue weighted by Gasteiger charge is -2.06. The van der Waals surface area contributed by atoms with Crippen molar-refractivity contribution in [3.8, 4) is 17.0 Å². The minimum Gasteiger partial charge on any atom is -0.507 e. The number of hydrogen-bond acceptors (Lipinski definition) is 5. The summed E-state index contributed by atoms with van der Waals surface area (Å²) in [6, 6.07) is 16.2. The van der Waals surface area contributed by atoms with E-state index in [1.807, 2.05) is 13.0 Å². The van der Waals surface area contributed by atoms with Crippen LogP contribution in [-0.4, -0.2) is 27.0 Å². The van der Waals surface area contributed by atoms with Crippen molar-refractivity contribution in [3.63, 3.8) is 0 Å². The van der Waals surface area contributed by atoms with Gasteiger partial charge in [-0.25, -0.2) is 4.39 Å². The number of phenols is 1. The summed E-state index contributed by atoms with van der Waals surface area (Å²) in [6.45, 7) is 5.29. The fourth-order valence-electron chi connectivity index (χ4n) is 4.11. The molecule has 36 heavy (non-hydrogen) atoms. The normalized spacial score (nSPS) is 11.1. The Hall–Kier alpha value is -4.72. The molecule has 0 saturated heterocycles. The monoisotopic (exact) mass is 483 g/mol. The van der Waals surface area contributed by atoms with Gasteiger partial charge < -0.3 is 14.8 Å². The van der Waals surface area contributed by atoms with Gasteiger partial charge in [0.25, 0.3) is 5.91 Å². The Balaban J connectivity index is 1.51. The molecule has 0 bridgehead atoms. The number of carbonyl (C=O) groups is 2. The SMILES string of the molecule is Cc1cc(C)c(O)c(-c2cc(C(=O)Nc3c(C(=O)c4ccc(C)c(F)c4)oc4ccccc34)[nH]n2)c1. The van der Waals surface area contributed by atoms with Crippen LogP contribution in [0.2, 0.25) is 0 Å². The number of aryl methyl sites for hydroxylation is 3. The molecule has 2 heterocycles. The highest BCUT2D eigenvalue weighted by Gasteiger charge is 2.25. The van der Waals surface area contributed by atoms with Crippen LogP contribution in [-0.2, 0) is 0 Å². The van der Waals surface area contributed by atoms with E-state index in [0.29, 0.717) is 33.4 Å². The van der Waals surface area contributed by atoms with Crippen LogP contribution < -0.4 is 5.32 Å². The highest BCUT2D eigenvalue weighted by Crippen LogP contribution is 2.34. The summed E-state index contributed by atoms with van der Waals surface area (Å²) in [5.41, 5.74) is 3.72. The number of nitrogens with zero attached hydrogens (tertiary/aromatic N) is 1. The molecule has 2 aromatic heterocycles. The van der Waals surface area contributed by atoms with Crippen molar-refractivity contribution in [1.82, 2.24) is 10.2 Å². The number of nitrogens with one attached hydrogen (secondary N) is 2. The third kappa shape index (κ3) is 4.02. The van der Waals surface area contributed by atoms with Crippen LogP contribution in [0.3, 0.4) is 0 Å². The fourth-order valence-corrected chi connectivity index (χ4v) is 4.11. The standard InChI is InChI=1S/C28H22FN3O4/c1-14-10-16(3)25(33)19(11-14)21-13-22(32-31-21)28(35)30-24-18-6-4-5-7-23(18)36-27(24)26(34)17-9-8-15(2)20(29)12-17/h4-13,33H,1-3H3,(H,30,35)(H,31,32). The van der Waals surface area contributed by atoms with Crippen molar-refractivity contribution in [2.24, 2.45) is 0 Å². The highest BCUT2D eigenvalue weighted by molar-refractivity contribution is 6.18. The Bertz CT molecular complexity index is 1670. The van der Waals surface area contributed by atoms with Crippen LogP contribution in [0.15, 0.2) is 65.1 Å². The van der Waals surface area contributed by atoms with E-state index < -0.39 is 17.5 Å². The third-order valence-electron chi connectivity index (χ3n) is 6.02. The van der Waals surface area contributed by atoms with Crippen LogP contribution in [0.25, 0.3) is 22.2 Å². The Kier molecular flexibility index (Phi) is 5.64. The zero-order valence-corrected chi connectivity index (χ0v) is 19.8. The molecule has 180 valence electrons. The summed E-state index contributed by atoms with van der Waals surface area (Å²) in [6.07, 6.45) is 0. The lowest BCUT2D eigenvalue weighted by atomic mass is 10.0. The van der Waals surface area contributed by atoms with Gasteiger partial charge in [-0.05, 0) is 67.8 Å². The summed E-state index contributed by atoms with van der Waals surface area (Å²) in [5.74, 6) is -1.67. The number of furan rings is 1. The maximum absolute atomic E-state index is 14.1. The number of ketones is 1. The number of phenolic OH excluding ortho intramolecular Hbond substituents is 1. The molecule has 8 heteroatoms. The first kappa shape index (κ1) is 23.0. The number of rotatable bonds is 5. The van der Waals surface area contributed by atoms with E-state index in [9.17, 15) is 19.1 Å². The average molecular weight is 483 g/mol. The topological polar surface area (TPSA) is 108 Å². The molecule has 0 fully saturated rings. The number of aromatic nitrogens is 2. The summed E-state index contributed by atoms with van der Waals surface area (Å²) in [5, 5.41) is 20.6. The van der Waals surface area contributed by atoms with Crippen LogP contribution in [0, 0.1) is 26.6 Å². The van der Waals surface area contributed by atoms with Gasteiger partial charge in [-0.3, -0.25) is 14.7 Å². The summed E-state index contributed by atoms with van der Waals surface area (Å²) < 4.78 is 19.9. The Morgan fingerprint density at radius 3 is 2.56 bits per heavy atom. The maximum Gasteiger partial charge on any atom is 0.273 e. The van der Waals surface area contributed by atoms with Gasteiger partial charge in [0, 0.05) is 16.5 Å². The molecule has 0 radical (unpaired) electrons. The van der Waals surface area contributed by atoms with Gasteiger partial charge in [0.1, 0.15) is 22.8 Å². The van der Waals surface area contributed by atoms with Crippen LogP contribution in [0.5, 0.6) is 5.75 Å². The maximum atomic E-state index is 14.1. The molecule has 0 aliphatic carbocycles. The molecular formula is C28H22FN3O4. The summed E-state index contributed by atoms with van der Waals surface area (Å²) in [4.78, 5) is 26.4. The Morgan fingerprint density at radius 1 is 1.00 bits per heavy atom. The first-order valence-electron chi connectivity index (χ1n) is 11.2. The molecule has 0 aliphatic rings. The van der Waals surface area contributed by atoms with E-state index in [4.69, 9.17) is 4.42 Å². The quantitative estimate of drug-likeness (QED) is 0.263. The fraction of sp³-hybridized carbons (Fsp3) is 0.107. The van der Waals surface area contributed by atoms with Crippen LogP contribution in [0.4, 0.5) is 10.1 Å². The Morgan fingerprint density at radius 2 is 1.78 bits per heavy atom. The van der Waals surface area contributed by atoms with Gasteiger partial charge in [-0.15, -0.1) is 0 Å². The van der Waals surface area contributed by atoms with Crippen molar-refractivity contribution in [1.29, 1.82) is 0 Å². The second kappa shape index (κ2) is 8.81. The van der Waals surface area contributed by atoms with Crippen molar-refractivity contribution in [2.75, 3.05) is 5.32 Å². The number of para-hydroxylation sites is 1. The molecule has 0 spiro atoms. The van der Waals surface area contributed by atoms with Gasteiger partial charge in [0.2, 0.25) is 5.78 Å². The van der Waals surface area contributed by atoms with Gasteiger partial charge in [0.15, 0.2) is 5.76 Å². The zero-order chi connectivity index (χ0) is 25.6. The number of hydrogen-bond donors (Lipinski definition) is 3. The molecule has 0 saturated carbocycles. The molecule has 3 N–H and O–H groups in total. The minimum atomic E-state index is -0.564. The first-order valence-corrected chi connectivity index (χ1v) is 11.2. The van der Waals surface area contributed by atoms with Crippen molar-refractivity contribution in [2.45, 2.75) is 20.8 Å². The molecule has 7 nitrogen and oxygen atoms in total.